The van der Waals surface area contributed by atoms with Crippen molar-refractivity contribution >= 4 is 0 Å². The average molecular weight is 294 g/mol. The van der Waals surface area contributed by atoms with E-state index >= 15 is 0 Å². The molecule has 0 aliphatic rings. The van der Waals surface area contributed by atoms with Gasteiger partial charge in [-0.25, -0.2) is 0 Å². The van der Waals surface area contributed by atoms with Gasteiger partial charge in [-0.1, -0.05) is 6.07 Å². The van der Waals surface area contributed by atoms with Crippen molar-refractivity contribution in [2.24, 2.45) is 5.73 Å². The number of benzene rings is 1. The molecular weight excluding hydrogens is 281 g/mol. The summed E-state index contributed by atoms with van der Waals surface area (Å²) in [4.78, 5) is 0. The number of halogens is 3. The van der Waals surface area contributed by atoms with Gasteiger partial charge in [-0.2, -0.15) is 23.5 Å². The molecule has 1 unspecified atom stereocenters. The minimum atomic E-state index is -4.57. The first-order valence-electron chi connectivity index (χ1n) is 6.22. The molecule has 0 radical (unpaired) electrons. The normalized spacial score (nSPS) is 13.0. The van der Waals surface area contributed by atoms with Crippen LogP contribution in [0.5, 0.6) is 0 Å². The number of nitriles is 1. The molecule has 7 heteroatoms. The number of hydrogen-bond acceptors (Lipinski definition) is 3. The Morgan fingerprint density at radius 2 is 2.10 bits per heavy atom. The molecule has 0 bridgehead atoms. The third kappa shape index (κ3) is 3.41. The first-order chi connectivity index (χ1) is 9.81. The van der Waals surface area contributed by atoms with Crippen LogP contribution in [0.1, 0.15) is 18.1 Å². The molecule has 1 aromatic heterocycles. The van der Waals surface area contributed by atoms with Gasteiger partial charge < -0.3 is 5.73 Å². The fraction of sp³-hybridized carbons (Fsp3) is 0.286. The summed E-state index contributed by atoms with van der Waals surface area (Å²) in [6.07, 6.45) is -2.92. The van der Waals surface area contributed by atoms with Gasteiger partial charge in [-0.3, -0.25) is 4.68 Å². The Morgan fingerprint density at radius 3 is 2.67 bits per heavy atom. The predicted octanol–water partition coefficient (Wildman–Crippen LogP) is 2.79. The van der Waals surface area contributed by atoms with E-state index in [4.69, 9.17) is 11.0 Å². The molecule has 0 aliphatic carbocycles. The third-order valence-electron chi connectivity index (χ3n) is 2.86. The molecule has 0 amide bonds. The fourth-order valence-corrected chi connectivity index (χ4v) is 1.95. The maximum atomic E-state index is 12.9. The zero-order valence-corrected chi connectivity index (χ0v) is 11.2. The molecular formula is C14H13F3N4. The van der Waals surface area contributed by atoms with E-state index in [1.807, 2.05) is 6.92 Å². The van der Waals surface area contributed by atoms with Gasteiger partial charge in [0.1, 0.15) is 0 Å². The lowest BCUT2D eigenvalue weighted by Gasteiger charge is -2.10. The molecule has 1 aromatic carbocycles. The van der Waals surface area contributed by atoms with Gasteiger partial charge in [0.25, 0.3) is 0 Å². The average Bonchev–Trinajstić information content (AvgIpc) is 2.84. The van der Waals surface area contributed by atoms with Crippen molar-refractivity contribution < 1.29 is 13.2 Å². The smallest absolute Gasteiger partial charge is 0.326 e. The zero-order chi connectivity index (χ0) is 15.6. The van der Waals surface area contributed by atoms with Crippen LogP contribution in [-0.4, -0.2) is 15.8 Å². The van der Waals surface area contributed by atoms with Gasteiger partial charge >= 0.3 is 6.18 Å². The number of nitrogens with two attached hydrogens (primary N) is 1. The van der Waals surface area contributed by atoms with Crippen LogP contribution in [0, 0.1) is 11.3 Å². The van der Waals surface area contributed by atoms with E-state index in [9.17, 15) is 13.2 Å². The summed E-state index contributed by atoms with van der Waals surface area (Å²) >= 11 is 0. The van der Waals surface area contributed by atoms with Gasteiger partial charge in [0.05, 0.1) is 29.4 Å². The molecule has 0 saturated carbocycles. The van der Waals surface area contributed by atoms with Crippen LogP contribution in [0.2, 0.25) is 0 Å². The molecule has 21 heavy (non-hydrogen) atoms. The van der Waals surface area contributed by atoms with Crippen molar-refractivity contribution in [2.45, 2.75) is 25.7 Å². The summed E-state index contributed by atoms with van der Waals surface area (Å²) in [5.41, 5.74) is 5.01. The topological polar surface area (TPSA) is 67.6 Å². The Labute approximate surface area is 119 Å². The van der Waals surface area contributed by atoms with Gasteiger partial charge in [0.15, 0.2) is 0 Å². The second-order valence-electron chi connectivity index (χ2n) is 4.77. The predicted molar refractivity (Wildman–Crippen MR) is 71.0 cm³/mol. The molecule has 110 valence electrons. The minimum Gasteiger partial charge on any atom is -0.326 e. The van der Waals surface area contributed by atoms with E-state index < -0.39 is 17.3 Å². The fourth-order valence-electron chi connectivity index (χ4n) is 1.95. The summed E-state index contributed by atoms with van der Waals surface area (Å²) in [5.74, 6) is 0. The van der Waals surface area contributed by atoms with Crippen LogP contribution in [0.4, 0.5) is 13.2 Å². The molecule has 0 saturated heterocycles. The van der Waals surface area contributed by atoms with Gasteiger partial charge in [-0.15, -0.1) is 0 Å². The SMILES string of the molecule is CC(N)Cn1ccc(-c2ccc(C#N)c(C(F)(F)F)c2)n1. The van der Waals surface area contributed by atoms with Gasteiger partial charge in [-0.05, 0) is 25.1 Å². The molecule has 0 fully saturated rings. The summed E-state index contributed by atoms with van der Waals surface area (Å²) in [5, 5.41) is 12.9. The summed E-state index contributed by atoms with van der Waals surface area (Å²) < 4.78 is 40.3. The largest absolute Gasteiger partial charge is 0.417 e. The zero-order valence-electron chi connectivity index (χ0n) is 11.2. The second-order valence-corrected chi connectivity index (χ2v) is 4.77. The molecule has 0 spiro atoms. The molecule has 4 nitrogen and oxygen atoms in total. The number of aromatic nitrogens is 2. The summed E-state index contributed by atoms with van der Waals surface area (Å²) in [7, 11) is 0. The number of alkyl halides is 3. The van der Waals surface area contributed by atoms with E-state index in [-0.39, 0.29) is 6.04 Å². The van der Waals surface area contributed by atoms with Crippen molar-refractivity contribution in [1.29, 1.82) is 5.26 Å². The van der Waals surface area contributed by atoms with Crippen molar-refractivity contribution in [2.75, 3.05) is 0 Å². The Morgan fingerprint density at radius 1 is 1.38 bits per heavy atom. The second kappa shape index (κ2) is 5.58. The Hall–Kier alpha value is -2.33. The van der Waals surface area contributed by atoms with Crippen molar-refractivity contribution in [3.8, 4) is 17.3 Å². The monoisotopic (exact) mass is 294 g/mol. The summed E-state index contributed by atoms with van der Waals surface area (Å²) in [6, 6.07) is 6.61. The van der Waals surface area contributed by atoms with Crippen LogP contribution >= 0.6 is 0 Å². The number of nitrogens with zero attached hydrogens (tertiary/aromatic N) is 3. The molecule has 2 N–H and O–H groups in total. The van der Waals surface area contributed by atoms with Gasteiger partial charge in [0, 0.05) is 17.8 Å². The first-order valence-corrected chi connectivity index (χ1v) is 6.22. The lowest BCUT2D eigenvalue weighted by atomic mass is 10.0. The standard InChI is InChI=1S/C14H13F3N4/c1-9(19)8-21-5-4-13(20-21)10-2-3-11(7-18)12(6-10)14(15,16)17/h2-6,9H,8,19H2,1H3. The van der Waals surface area contributed by atoms with Crippen LogP contribution in [0.15, 0.2) is 30.5 Å². The number of hydrogen-bond donors (Lipinski definition) is 1. The Bertz CT molecular complexity index is 680. The van der Waals surface area contributed by atoms with Crippen LogP contribution < -0.4 is 5.73 Å². The van der Waals surface area contributed by atoms with Crippen LogP contribution in [0.3, 0.4) is 0 Å². The third-order valence-corrected chi connectivity index (χ3v) is 2.86. The molecule has 1 heterocycles. The van der Waals surface area contributed by atoms with Crippen LogP contribution in [0.25, 0.3) is 11.3 Å². The Kier molecular flexibility index (Phi) is 4.00. The molecule has 1 atom stereocenters. The van der Waals surface area contributed by atoms with E-state index in [0.29, 0.717) is 17.8 Å². The lowest BCUT2D eigenvalue weighted by Crippen LogP contribution is -2.22. The molecule has 2 rings (SSSR count). The van der Waals surface area contributed by atoms with E-state index in [1.54, 1.807) is 23.0 Å². The molecule has 0 aliphatic heterocycles. The van der Waals surface area contributed by atoms with E-state index in [0.717, 1.165) is 12.1 Å². The first kappa shape index (κ1) is 15.1. The van der Waals surface area contributed by atoms with E-state index in [1.165, 1.54) is 6.07 Å². The lowest BCUT2D eigenvalue weighted by molar-refractivity contribution is -0.137. The maximum absolute atomic E-state index is 12.9. The summed E-state index contributed by atoms with van der Waals surface area (Å²) in [6.45, 7) is 2.28. The quantitative estimate of drug-likeness (QED) is 0.946. The highest BCUT2D eigenvalue weighted by Gasteiger charge is 2.34. The van der Waals surface area contributed by atoms with Crippen molar-refractivity contribution in [3.63, 3.8) is 0 Å². The number of rotatable bonds is 3. The van der Waals surface area contributed by atoms with Crippen LogP contribution in [-0.2, 0) is 12.7 Å². The van der Waals surface area contributed by atoms with Crippen molar-refractivity contribution in [1.82, 2.24) is 9.78 Å². The highest BCUT2D eigenvalue weighted by atomic mass is 19.4. The Balaban J connectivity index is 2.41. The highest BCUT2D eigenvalue weighted by molar-refractivity contribution is 5.62. The maximum Gasteiger partial charge on any atom is 0.417 e. The highest BCUT2D eigenvalue weighted by Crippen LogP contribution is 2.34. The van der Waals surface area contributed by atoms with Crippen molar-refractivity contribution in [3.05, 3.63) is 41.6 Å². The molecule has 2 aromatic rings. The minimum absolute atomic E-state index is 0.107. The van der Waals surface area contributed by atoms with Gasteiger partial charge in [0.2, 0.25) is 0 Å². The van der Waals surface area contributed by atoms with E-state index in [2.05, 4.69) is 5.10 Å².